The van der Waals surface area contributed by atoms with Crippen LogP contribution in [0.15, 0.2) is 47.8 Å². The summed E-state index contributed by atoms with van der Waals surface area (Å²) in [6.07, 6.45) is 1.73. The van der Waals surface area contributed by atoms with E-state index in [1.807, 2.05) is 30.3 Å². The molecule has 4 rings (SSSR count). The molecule has 2 aromatic heterocycles. The minimum absolute atomic E-state index is 0.143. The van der Waals surface area contributed by atoms with E-state index in [2.05, 4.69) is 25.4 Å². The average molecular weight is 525 g/mol. The Morgan fingerprint density at radius 3 is 2.86 bits per heavy atom. The van der Waals surface area contributed by atoms with Gasteiger partial charge in [0.05, 0.1) is 0 Å². The van der Waals surface area contributed by atoms with Gasteiger partial charge in [-0.3, -0.25) is 0 Å². The predicted molar refractivity (Wildman–Crippen MR) is 100 cm³/mol. The van der Waals surface area contributed by atoms with Crippen LogP contribution in [0.4, 0.5) is 0 Å². The zero-order valence-corrected chi connectivity index (χ0v) is 17.6. The van der Waals surface area contributed by atoms with E-state index < -0.39 is 30.9 Å². The van der Waals surface area contributed by atoms with Crippen molar-refractivity contribution in [1.82, 2.24) is 25.4 Å². The Bertz CT molecular complexity index is 1180. The molecule has 1 atom stereocenters. The first-order valence-electron chi connectivity index (χ1n) is 8.22. The van der Waals surface area contributed by atoms with Crippen LogP contribution in [0.25, 0.3) is 33.4 Å². The van der Waals surface area contributed by atoms with Crippen molar-refractivity contribution in [3.05, 3.63) is 51.4 Å². The minimum atomic E-state index is -1.24. The van der Waals surface area contributed by atoms with Gasteiger partial charge in [0, 0.05) is 0 Å². The standard InChI is InChI=1S/C17H14IN6O4S/c25-15(26)8-29-17-20-16(22-23-17)10-4-9(5-11(6-10)18-24(27)28)12-2-1-3-14-13(12)7-19-21-14/h1-7,24,27H,8H2,(H,19,21)(H,25,26)(H,20,22,23)/q-1. The van der Waals surface area contributed by atoms with Crippen LogP contribution in [0.1, 0.15) is 0 Å². The molecule has 0 saturated heterocycles. The summed E-state index contributed by atoms with van der Waals surface area (Å²) in [5.74, 6) is -0.643. The Morgan fingerprint density at radius 2 is 2.07 bits per heavy atom. The van der Waals surface area contributed by atoms with E-state index in [0.717, 1.165) is 37.4 Å². The fraction of sp³-hybridized carbons (Fsp3) is 0.0588. The first kappa shape index (κ1) is 19.8. The molecule has 0 spiro atoms. The first-order chi connectivity index (χ1) is 14.0. The summed E-state index contributed by atoms with van der Waals surface area (Å²) in [5, 5.41) is 44.5. The van der Waals surface area contributed by atoms with Crippen molar-refractivity contribution in [3.63, 3.8) is 0 Å². The number of aromatic amines is 2. The molecule has 0 aliphatic heterocycles. The van der Waals surface area contributed by atoms with E-state index >= 15 is 0 Å². The number of carbonyl (C=O) groups is 1. The Hall–Kier alpha value is -2.52. The molecule has 29 heavy (non-hydrogen) atoms. The SMILES string of the molecule is O=C(O)CSc1n[nH]c(-c2cc([I-][NH+]([O-])O)cc(-c3cccc4[nH]ncc34)c2)n1. The molecule has 4 aromatic rings. The number of hydrogen-bond acceptors (Lipinski definition) is 7. The van der Waals surface area contributed by atoms with Crippen molar-refractivity contribution in [1.29, 1.82) is 0 Å². The number of halogens is 1. The Balaban J connectivity index is 1.77. The number of quaternary nitrogens is 1. The van der Waals surface area contributed by atoms with Crippen molar-refractivity contribution in [2.75, 3.05) is 5.75 Å². The van der Waals surface area contributed by atoms with Gasteiger partial charge in [0.2, 0.25) is 0 Å². The van der Waals surface area contributed by atoms with E-state index in [-0.39, 0.29) is 5.75 Å². The van der Waals surface area contributed by atoms with E-state index in [1.54, 1.807) is 12.3 Å². The Labute approximate surface area is 178 Å². The van der Waals surface area contributed by atoms with Gasteiger partial charge in [0.25, 0.3) is 0 Å². The van der Waals surface area contributed by atoms with Gasteiger partial charge >= 0.3 is 179 Å². The van der Waals surface area contributed by atoms with Gasteiger partial charge in [-0.2, -0.15) is 0 Å². The van der Waals surface area contributed by atoms with Crippen LogP contribution in [0.5, 0.6) is 0 Å². The molecule has 2 aromatic carbocycles. The number of nitrogens with one attached hydrogen (secondary N) is 3. The van der Waals surface area contributed by atoms with Crippen LogP contribution in [-0.2, 0) is 4.79 Å². The van der Waals surface area contributed by atoms with Crippen molar-refractivity contribution in [2.45, 2.75) is 5.16 Å². The Morgan fingerprint density at radius 1 is 1.24 bits per heavy atom. The number of hydrogen-bond donors (Lipinski definition) is 5. The van der Waals surface area contributed by atoms with Gasteiger partial charge in [-0.25, -0.2) is 0 Å². The maximum atomic E-state index is 11.3. The van der Waals surface area contributed by atoms with E-state index in [0.29, 0.717) is 16.5 Å². The summed E-state index contributed by atoms with van der Waals surface area (Å²) in [7, 11) is 0. The number of carboxylic acids is 1. The molecule has 0 aliphatic carbocycles. The third kappa shape index (κ3) is 4.56. The number of aliphatic carboxylic acids is 1. The average Bonchev–Trinajstić information content (AvgIpc) is 3.34. The van der Waals surface area contributed by atoms with Gasteiger partial charge in [0.15, 0.2) is 0 Å². The molecule has 2 heterocycles. The molecular formula is C17H14IN6O4S-. The summed E-state index contributed by atoms with van der Waals surface area (Å²) in [6.45, 7) is 0. The third-order valence-electron chi connectivity index (χ3n) is 3.95. The second kappa shape index (κ2) is 8.46. The molecule has 0 saturated carbocycles. The summed E-state index contributed by atoms with van der Waals surface area (Å²) < 4.78 is -0.107. The van der Waals surface area contributed by atoms with Crippen molar-refractivity contribution < 1.29 is 40.0 Å². The molecule has 12 heteroatoms. The molecule has 0 amide bonds. The number of thioether (sulfide) groups is 1. The number of rotatable bonds is 7. The zero-order chi connectivity index (χ0) is 20.4. The quantitative estimate of drug-likeness (QED) is 0.0815. The molecule has 5 N–H and O–H groups in total. The molecule has 0 radical (unpaired) electrons. The number of fused-ring (bicyclic) bond motifs is 1. The number of nitrogens with zero attached hydrogens (tertiary/aromatic N) is 3. The van der Waals surface area contributed by atoms with Gasteiger partial charge < -0.3 is 0 Å². The number of benzene rings is 2. The second-order valence-corrected chi connectivity index (χ2v) is 9.51. The molecule has 0 aliphatic rings. The normalized spacial score (nSPS) is 12.5. The fourth-order valence-electron chi connectivity index (χ4n) is 2.82. The summed E-state index contributed by atoms with van der Waals surface area (Å²) in [4.78, 5) is 15.1. The van der Waals surface area contributed by atoms with E-state index in [9.17, 15) is 15.2 Å². The Kier molecular flexibility index (Phi) is 5.77. The third-order valence-corrected chi connectivity index (χ3v) is 6.49. The van der Waals surface area contributed by atoms with Crippen molar-refractivity contribution in [2.24, 2.45) is 0 Å². The molecule has 0 bridgehead atoms. The van der Waals surface area contributed by atoms with Crippen LogP contribution in [0.3, 0.4) is 0 Å². The molecular weight excluding hydrogens is 511 g/mol. The molecule has 0 fully saturated rings. The summed E-state index contributed by atoms with van der Waals surface area (Å²) >= 11 is -0.234. The van der Waals surface area contributed by atoms with E-state index in [1.165, 1.54) is 0 Å². The first-order valence-corrected chi connectivity index (χ1v) is 11.4. The van der Waals surface area contributed by atoms with Gasteiger partial charge in [-0.05, 0) is 0 Å². The van der Waals surface area contributed by atoms with Gasteiger partial charge in [-0.1, -0.05) is 0 Å². The van der Waals surface area contributed by atoms with Crippen molar-refractivity contribution in [3.8, 4) is 22.5 Å². The molecule has 150 valence electrons. The van der Waals surface area contributed by atoms with Crippen LogP contribution < -0.4 is 24.9 Å². The van der Waals surface area contributed by atoms with Crippen LogP contribution in [0, 0.1) is 8.78 Å². The maximum absolute atomic E-state index is 11.3. The van der Waals surface area contributed by atoms with Crippen molar-refractivity contribution >= 4 is 28.6 Å². The van der Waals surface area contributed by atoms with Gasteiger partial charge in [0.1, 0.15) is 0 Å². The predicted octanol–water partition coefficient (Wildman–Crippen LogP) is -1.86. The fourth-order valence-corrected chi connectivity index (χ4v) is 4.85. The van der Waals surface area contributed by atoms with Crippen LogP contribution in [0.2, 0.25) is 0 Å². The second-order valence-electron chi connectivity index (χ2n) is 5.86. The molecule has 1 unspecified atom stereocenters. The van der Waals surface area contributed by atoms with E-state index in [4.69, 9.17) is 5.11 Å². The van der Waals surface area contributed by atoms with Gasteiger partial charge in [-0.15, -0.1) is 0 Å². The zero-order valence-electron chi connectivity index (χ0n) is 14.6. The monoisotopic (exact) mass is 525 g/mol. The summed E-state index contributed by atoms with van der Waals surface area (Å²) in [5.41, 5.74) is 3.35. The molecule has 10 nitrogen and oxygen atoms in total. The number of aromatic nitrogens is 5. The summed E-state index contributed by atoms with van der Waals surface area (Å²) in [6, 6.07) is 11.3. The number of H-pyrrole nitrogens is 2. The topological polar surface area (TPSA) is 155 Å². The number of carboxylic acid groups (broad SMARTS) is 1. The van der Waals surface area contributed by atoms with Crippen LogP contribution in [-0.4, -0.2) is 47.4 Å². The van der Waals surface area contributed by atoms with Crippen LogP contribution >= 0.6 is 11.8 Å².